The fraction of sp³-hybridized carbons (Fsp3) is 0.769. The Morgan fingerprint density at radius 3 is 2.81 bits per heavy atom. The van der Waals surface area contributed by atoms with Crippen molar-refractivity contribution < 1.29 is 4.74 Å². The Morgan fingerprint density at radius 1 is 1.44 bits per heavy atom. The smallest absolute Gasteiger partial charge is 0.0621 e. The summed E-state index contributed by atoms with van der Waals surface area (Å²) in [6.07, 6.45) is 4.34. The number of ether oxygens (including phenoxy) is 1. The monoisotopic (exact) mass is 224 g/mol. The molecule has 0 amide bonds. The molecule has 0 aromatic heterocycles. The minimum atomic E-state index is 0.191. The van der Waals surface area contributed by atoms with Gasteiger partial charge in [0, 0.05) is 19.5 Å². The SMILES string of the molecule is C=CCCOCCNCC(C)(C)CCC#N. The number of nitriles is 1. The minimum Gasteiger partial charge on any atom is -0.380 e. The van der Waals surface area contributed by atoms with Gasteiger partial charge in [0.2, 0.25) is 0 Å². The van der Waals surface area contributed by atoms with E-state index in [0.29, 0.717) is 6.42 Å². The molecule has 0 unspecified atom stereocenters. The van der Waals surface area contributed by atoms with E-state index in [1.807, 2.05) is 6.08 Å². The van der Waals surface area contributed by atoms with Gasteiger partial charge in [0.25, 0.3) is 0 Å². The van der Waals surface area contributed by atoms with Crippen molar-refractivity contribution in [2.75, 3.05) is 26.3 Å². The molecule has 0 fully saturated rings. The van der Waals surface area contributed by atoms with Crippen molar-refractivity contribution in [1.29, 1.82) is 5.26 Å². The van der Waals surface area contributed by atoms with Crippen LogP contribution >= 0.6 is 0 Å². The summed E-state index contributed by atoms with van der Waals surface area (Å²) in [6.45, 7) is 11.3. The van der Waals surface area contributed by atoms with E-state index in [1.165, 1.54) is 0 Å². The van der Waals surface area contributed by atoms with Crippen LogP contribution in [0, 0.1) is 16.7 Å². The lowest BCUT2D eigenvalue weighted by molar-refractivity contribution is 0.137. The molecule has 0 aliphatic rings. The molecule has 0 aromatic carbocycles. The number of nitrogens with one attached hydrogen (secondary N) is 1. The highest BCUT2D eigenvalue weighted by atomic mass is 16.5. The zero-order valence-corrected chi connectivity index (χ0v) is 10.6. The van der Waals surface area contributed by atoms with Gasteiger partial charge in [0.15, 0.2) is 0 Å². The zero-order chi connectivity index (χ0) is 12.3. The topological polar surface area (TPSA) is 45.0 Å². The van der Waals surface area contributed by atoms with Crippen molar-refractivity contribution in [3.8, 4) is 6.07 Å². The van der Waals surface area contributed by atoms with Crippen LogP contribution in [-0.4, -0.2) is 26.3 Å². The van der Waals surface area contributed by atoms with E-state index in [2.05, 4.69) is 31.8 Å². The number of hydrogen-bond acceptors (Lipinski definition) is 3. The Kier molecular flexibility index (Phi) is 8.88. The molecule has 0 saturated carbocycles. The summed E-state index contributed by atoms with van der Waals surface area (Å²) in [6, 6.07) is 2.19. The quantitative estimate of drug-likeness (QED) is 0.458. The van der Waals surface area contributed by atoms with Gasteiger partial charge >= 0.3 is 0 Å². The van der Waals surface area contributed by atoms with Gasteiger partial charge in [0.1, 0.15) is 0 Å². The lowest BCUT2D eigenvalue weighted by Gasteiger charge is -2.23. The van der Waals surface area contributed by atoms with Crippen LogP contribution in [-0.2, 0) is 4.74 Å². The van der Waals surface area contributed by atoms with Crippen LogP contribution in [0.4, 0.5) is 0 Å². The first kappa shape index (κ1) is 15.2. The molecule has 0 aliphatic heterocycles. The Balaban J connectivity index is 3.36. The summed E-state index contributed by atoms with van der Waals surface area (Å²) in [5, 5.41) is 11.9. The van der Waals surface area contributed by atoms with Gasteiger partial charge in [-0.1, -0.05) is 19.9 Å². The summed E-state index contributed by atoms with van der Waals surface area (Å²) in [5.41, 5.74) is 0.191. The molecule has 1 N–H and O–H groups in total. The lowest BCUT2D eigenvalue weighted by atomic mass is 9.88. The first-order chi connectivity index (χ1) is 7.62. The van der Waals surface area contributed by atoms with Crippen molar-refractivity contribution in [2.24, 2.45) is 5.41 Å². The van der Waals surface area contributed by atoms with E-state index < -0.39 is 0 Å². The molecule has 0 atom stereocenters. The molecule has 0 rings (SSSR count). The molecule has 0 aromatic rings. The standard InChI is InChI=1S/C13H24N2O/c1-4-5-10-16-11-9-15-12-13(2,3)7-6-8-14/h4,15H,1,5-7,9-12H2,2-3H3. The highest BCUT2D eigenvalue weighted by Gasteiger charge is 2.16. The van der Waals surface area contributed by atoms with E-state index in [4.69, 9.17) is 10.00 Å². The maximum atomic E-state index is 8.52. The average molecular weight is 224 g/mol. The molecule has 3 heteroatoms. The van der Waals surface area contributed by atoms with Crippen molar-refractivity contribution in [3.05, 3.63) is 12.7 Å². The van der Waals surface area contributed by atoms with Crippen LogP contribution in [0.2, 0.25) is 0 Å². The highest BCUT2D eigenvalue weighted by Crippen LogP contribution is 2.20. The largest absolute Gasteiger partial charge is 0.380 e. The van der Waals surface area contributed by atoms with Gasteiger partial charge in [-0.2, -0.15) is 5.26 Å². The summed E-state index contributed by atoms with van der Waals surface area (Å²) in [4.78, 5) is 0. The van der Waals surface area contributed by atoms with Crippen molar-refractivity contribution >= 4 is 0 Å². The summed E-state index contributed by atoms with van der Waals surface area (Å²) in [7, 11) is 0. The van der Waals surface area contributed by atoms with Crippen LogP contribution in [0.15, 0.2) is 12.7 Å². The highest BCUT2D eigenvalue weighted by molar-refractivity contribution is 4.78. The maximum absolute atomic E-state index is 8.52. The predicted molar refractivity (Wildman–Crippen MR) is 67.1 cm³/mol. The molecule has 0 saturated heterocycles. The Bertz CT molecular complexity index is 218. The molecule has 0 spiro atoms. The second-order valence-electron chi connectivity index (χ2n) is 4.69. The number of rotatable bonds is 10. The Hall–Kier alpha value is -0.850. The Labute approximate surface area is 99.5 Å². The third kappa shape index (κ3) is 9.70. The van der Waals surface area contributed by atoms with Crippen LogP contribution in [0.3, 0.4) is 0 Å². The van der Waals surface area contributed by atoms with Crippen molar-refractivity contribution in [3.63, 3.8) is 0 Å². The van der Waals surface area contributed by atoms with E-state index in [0.717, 1.165) is 39.1 Å². The first-order valence-electron chi connectivity index (χ1n) is 5.89. The molecular weight excluding hydrogens is 200 g/mol. The van der Waals surface area contributed by atoms with E-state index in [-0.39, 0.29) is 5.41 Å². The van der Waals surface area contributed by atoms with E-state index in [9.17, 15) is 0 Å². The van der Waals surface area contributed by atoms with Crippen molar-refractivity contribution in [2.45, 2.75) is 33.1 Å². The molecule has 0 heterocycles. The van der Waals surface area contributed by atoms with Crippen LogP contribution < -0.4 is 5.32 Å². The van der Waals surface area contributed by atoms with Gasteiger partial charge in [-0.15, -0.1) is 6.58 Å². The second kappa shape index (κ2) is 9.38. The minimum absolute atomic E-state index is 0.191. The Morgan fingerprint density at radius 2 is 2.19 bits per heavy atom. The van der Waals surface area contributed by atoms with Crippen LogP contribution in [0.5, 0.6) is 0 Å². The lowest BCUT2D eigenvalue weighted by Crippen LogP contribution is -2.31. The summed E-state index contributed by atoms with van der Waals surface area (Å²) in [5.74, 6) is 0. The van der Waals surface area contributed by atoms with Gasteiger partial charge in [0.05, 0.1) is 19.3 Å². The third-order valence-electron chi connectivity index (χ3n) is 2.41. The average Bonchev–Trinajstić information content (AvgIpc) is 2.25. The van der Waals surface area contributed by atoms with Gasteiger partial charge < -0.3 is 10.1 Å². The summed E-state index contributed by atoms with van der Waals surface area (Å²) < 4.78 is 5.38. The molecule has 0 bridgehead atoms. The molecule has 92 valence electrons. The first-order valence-corrected chi connectivity index (χ1v) is 5.89. The summed E-state index contributed by atoms with van der Waals surface area (Å²) >= 11 is 0. The zero-order valence-electron chi connectivity index (χ0n) is 10.6. The number of hydrogen-bond donors (Lipinski definition) is 1. The predicted octanol–water partition coefficient (Wildman–Crippen LogP) is 2.50. The maximum Gasteiger partial charge on any atom is 0.0621 e. The number of nitrogens with zero attached hydrogens (tertiary/aromatic N) is 1. The molecule has 0 radical (unpaired) electrons. The molecule has 3 nitrogen and oxygen atoms in total. The van der Waals surface area contributed by atoms with Gasteiger partial charge in [-0.25, -0.2) is 0 Å². The second-order valence-corrected chi connectivity index (χ2v) is 4.69. The molecular formula is C13H24N2O. The van der Waals surface area contributed by atoms with Gasteiger partial charge in [-0.05, 0) is 18.3 Å². The van der Waals surface area contributed by atoms with Gasteiger partial charge in [-0.3, -0.25) is 0 Å². The molecule has 16 heavy (non-hydrogen) atoms. The molecule has 0 aliphatic carbocycles. The van der Waals surface area contributed by atoms with Crippen LogP contribution in [0.25, 0.3) is 0 Å². The van der Waals surface area contributed by atoms with E-state index >= 15 is 0 Å². The normalized spacial score (nSPS) is 11.1. The van der Waals surface area contributed by atoms with Crippen LogP contribution in [0.1, 0.15) is 33.1 Å². The van der Waals surface area contributed by atoms with E-state index in [1.54, 1.807) is 0 Å². The van der Waals surface area contributed by atoms with Crippen molar-refractivity contribution in [1.82, 2.24) is 5.32 Å². The fourth-order valence-corrected chi connectivity index (χ4v) is 1.32. The fourth-order valence-electron chi connectivity index (χ4n) is 1.32. The third-order valence-corrected chi connectivity index (χ3v) is 2.41.